The van der Waals surface area contributed by atoms with Crippen molar-refractivity contribution in [1.82, 2.24) is 20.1 Å². The number of nitrogens with zero attached hydrogens (tertiary/aromatic N) is 3. The summed E-state index contributed by atoms with van der Waals surface area (Å²) in [5, 5.41) is 13.0. The number of para-hydroxylation sites is 2. The Kier molecular flexibility index (Phi) is 5.65. The number of thioether (sulfide) groups is 1. The Morgan fingerprint density at radius 3 is 2.38 bits per heavy atom. The van der Waals surface area contributed by atoms with Crippen molar-refractivity contribution in [2.75, 3.05) is 5.32 Å². The van der Waals surface area contributed by atoms with Crippen molar-refractivity contribution in [3.63, 3.8) is 0 Å². The van der Waals surface area contributed by atoms with Gasteiger partial charge in [0, 0.05) is 11.4 Å². The van der Waals surface area contributed by atoms with Crippen LogP contribution in [0.25, 0.3) is 5.69 Å². The average Bonchev–Trinajstić information content (AvgIpc) is 3.11. The first-order valence-electron chi connectivity index (χ1n) is 7.92. The third-order valence-electron chi connectivity index (χ3n) is 3.47. The lowest BCUT2D eigenvalue weighted by molar-refractivity contribution is -0.119. The van der Waals surface area contributed by atoms with Crippen molar-refractivity contribution < 1.29 is 9.59 Å². The van der Waals surface area contributed by atoms with Gasteiger partial charge in [0.15, 0.2) is 5.16 Å². The Balaban J connectivity index is 1.60. The first-order valence-corrected chi connectivity index (χ1v) is 8.80. The number of imide groups is 1. The first-order chi connectivity index (χ1) is 12.6. The number of hydrogen-bond acceptors (Lipinski definition) is 5. The molecule has 8 heteroatoms. The fourth-order valence-electron chi connectivity index (χ4n) is 2.18. The number of urea groups is 1. The van der Waals surface area contributed by atoms with Crippen molar-refractivity contribution in [1.29, 1.82) is 0 Å². The molecule has 3 rings (SSSR count). The summed E-state index contributed by atoms with van der Waals surface area (Å²) in [7, 11) is 0. The minimum atomic E-state index is -0.571. The Hall–Kier alpha value is -3.13. The van der Waals surface area contributed by atoms with E-state index in [0.717, 1.165) is 5.69 Å². The molecule has 0 saturated heterocycles. The summed E-state index contributed by atoms with van der Waals surface area (Å²) in [6, 6.07) is 17.9. The van der Waals surface area contributed by atoms with Crippen LogP contribution in [0.4, 0.5) is 10.5 Å². The number of anilines is 1. The highest BCUT2D eigenvalue weighted by atomic mass is 32.2. The average molecular weight is 367 g/mol. The second-order valence-corrected chi connectivity index (χ2v) is 6.70. The van der Waals surface area contributed by atoms with Crippen molar-refractivity contribution in [3.8, 4) is 5.69 Å². The molecule has 0 aliphatic carbocycles. The van der Waals surface area contributed by atoms with Crippen LogP contribution >= 0.6 is 11.8 Å². The summed E-state index contributed by atoms with van der Waals surface area (Å²) in [4.78, 5) is 24.2. The van der Waals surface area contributed by atoms with Gasteiger partial charge in [-0.05, 0) is 31.2 Å². The lowest BCUT2D eigenvalue weighted by Crippen LogP contribution is -2.38. The Morgan fingerprint density at radius 1 is 1.04 bits per heavy atom. The van der Waals surface area contributed by atoms with E-state index in [1.54, 1.807) is 42.1 Å². The molecule has 26 heavy (non-hydrogen) atoms. The molecule has 1 atom stereocenters. The van der Waals surface area contributed by atoms with Crippen molar-refractivity contribution in [2.45, 2.75) is 17.3 Å². The minimum Gasteiger partial charge on any atom is -0.308 e. The van der Waals surface area contributed by atoms with Crippen LogP contribution < -0.4 is 10.6 Å². The molecular formula is C18H17N5O2S. The highest BCUT2D eigenvalue weighted by molar-refractivity contribution is 8.00. The fourth-order valence-corrected chi connectivity index (χ4v) is 3.02. The summed E-state index contributed by atoms with van der Waals surface area (Å²) in [6.07, 6.45) is 1.59. The Morgan fingerprint density at radius 2 is 1.69 bits per heavy atom. The van der Waals surface area contributed by atoms with Crippen LogP contribution in [-0.4, -0.2) is 32.0 Å². The van der Waals surface area contributed by atoms with Gasteiger partial charge in [0.05, 0.1) is 5.25 Å². The van der Waals surface area contributed by atoms with Crippen LogP contribution in [0.5, 0.6) is 0 Å². The molecule has 0 saturated carbocycles. The van der Waals surface area contributed by atoms with E-state index in [9.17, 15) is 9.59 Å². The van der Waals surface area contributed by atoms with E-state index in [2.05, 4.69) is 20.8 Å². The second kappa shape index (κ2) is 8.30. The molecule has 0 fully saturated rings. The highest BCUT2D eigenvalue weighted by Gasteiger charge is 2.20. The lowest BCUT2D eigenvalue weighted by Gasteiger charge is -2.12. The van der Waals surface area contributed by atoms with Crippen LogP contribution in [-0.2, 0) is 4.79 Å². The lowest BCUT2D eigenvalue weighted by atomic mass is 10.3. The molecule has 3 aromatic rings. The van der Waals surface area contributed by atoms with E-state index in [0.29, 0.717) is 10.8 Å². The number of carbonyl (C=O) groups excluding carboxylic acids is 2. The van der Waals surface area contributed by atoms with Gasteiger partial charge in [-0.25, -0.2) is 4.79 Å². The molecule has 0 aliphatic heterocycles. The van der Waals surface area contributed by atoms with Gasteiger partial charge in [-0.1, -0.05) is 48.2 Å². The molecule has 0 aliphatic rings. The molecule has 7 nitrogen and oxygen atoms in total. The molecule has 2 N–H and O–H groups in total. The highest BCUT2D eigenvalue weighted by Crippen LogP contribution is 2.23. The van der Waals surface area contributed by atoms with E-state index < -0.39 is 17.2 Å². The normalized spacial score (nSPS) is 11.6. The van der Waals surface area contributed by atoms with Crippen LogP contribution in [0.15, 0.2) is 72.1 Å². The summed E-state index contributed by atoms with van der Waals surface area (Å²) in [5.74, 6) is -0.411. The maximum atomic E-state index is 12.3. The van der Waals surface area contributed by atoms with Gasteiger partial charge in [-0.2, -0.15) is 0 Å². The van der Waals surface area contributed by atoms with Crippen LogP contribution in [0.2, 0.25) is 0 Å². The number of nitrogens with one attached hydrogen (secondary N) is 2. The molecule has 0 radical (unpaired) electrons. The van der Waals surface area contributed by atoms with E-state index >= 15 is 0 Å². The van der Waals surface area contributed by atoms with Gasteiger partial charge >= 0.3 is 6.03 Å². The molecule has 1 heterocycles. The maximum Gasteiger partial charge on any atom is 0.325 e. The van der Waals surface area contributed by atoms with Gasteiger partial charge < -0.3 is 5.32 Å². The zero-order valence-corrected chi connectivity index (χ0v) is 14.8. The quantitative estimate of drug-likeness (QED) is 0.677. The van der Waals surface area contributed by atoms with Crippen molar-refractivity contribution in [2.24, 2.45) is 0 Å². The van der Waals surface area contributed by atoms with E-state index in [4.69, 9.17) is 0 Å². The topological polar surface area (TPSA) is 88.9 Å². The van der Waals surface area contributed by atoms with Gasteiger partial charge in [-0.15, -0.1) is 10.2 Å². The number of benzene rings is 2. The van der Waals surface area contributed by atoms with Gasteiger partial charge in [0.2, 0.25) is 5.91 Å². The number of amides is 3. The van der Waals surface area contributed by atoms with Crippen molar-refractivity contribution in [3.05, 3.63) is 67.0 Å². The van der Waals surface area contributed by atoms with E-state index in [1.165, 1.54) is 11.8 Å². The molecule has 1 aromatic heterocycles. The summed E-state index contributed by atoms with van der Waals surface area (Å²) in [6.45, 7) is 1.71. The number of aromatic nitrogens is 3. The Bertz CT molecular complexity index is 883. The zero-order chi connectivity index (χ0) is 18.4. The second-order valence-electron chi connectivity index (χ2n) is 5.39. The zero-order valence-electron chi connectivity index (χ0n) is 14.0. The number of hydrogen-bond donors (Lipinski definition) is 2. The van der Waals surface area contributed by atoms with Gasteiger partial charge in [-0.3, -0.25) is 14.7 Å². The largest absolute Gasteiger partial charge is 0.325 e. The summed E-state index contributed by atoms with van der Waals surface area (Å²) >= 11 is 1.23. The maximum absolute atomic E-state index is 12.3. The van der Waals surface area contributed by atoms with Crippen LogP contribution in [0.1, 0.15) is 6.92 Å². The summed E-state index contributed by atoms with van der Waals surface area (Å²) < 4.78 is 1.79. The van der Waals surface area contributed by atoms with Gasteiger partial charge in [0.25, 0.3) is 0 Å². The SMILES string of the molecule is C[C@H](Sc1nncn1-c1ccccc1)C(=O)NC(=O)Nc1ccccc1. The van der Waals surface area contributed by atoms with Crippen LogP contribution in [0.3, 0.4) is 0 Å². The predicted molar refractivity (Wildman–Crippen MR) is 100 cm³/mol. The monoisotopic (exact) mass is 367 g/mol. The first kappa shape index (κ1) is 17.7. The van der Waals surface area contributed by atoms with Crippen LogP contribution in [0, 0.1) is 0 Å². The standard InChI is InChI=1S/C18H17N5O2S/c1-13(16(24)21-17(25)20-14-8-4-2-5-9-14)26-18-22-19-12-23(18)15-10-6-3-7-11-15/h2-13H,1H3,(H2,20,21,24,25)/t13-/m0/s1. The van der Waals surface area contributed by atoms with E-state index in [-0.39, 0.29) is 0 Å². The molecule has 132 valence electrons. The third kappa shape index (κ3) is 4.48. The molecule has 0 unspecified atom stereocenters. The molecule has 2 aromatic carbocycles. The fraction of sp³-hybridized carbons (Fsp3) is 0.111. The smallest absolute Gasteiger partial charge is 0.308 e. The van der Waals surface area contributed by atoms with Crippen molar-refractivity contribution >= 4 is 29.4 Å². The van der Waals surface area contributed by atoms with E-state index in [1.807, 2.05) is 36.4 Å². The molecule has 0 bridgehead atoms. The number of carbonyl (C=O) groups is 2. The van der Waals surface area contributed by atoms with Gasteiger partial charge in [0.1, 0.15) is 6.33 Å². The minimum absolute atomic E-state index is 0.411. The molecular weight excluding hydrogens is 350 g/mol. The Labute approximate surface area is 154 Å². The summed E-state index contributed by atoms with van der Waals surface area (Å²) in [5.41, 5.74) is 1.51. The number of rotatable bonds is 5. The predicted octanol–water partition coefficient (Wildman–Crippen LogP) is 3.10. The third-order valence-corrected chi connectivity index (χ3v) is 4.53. The molecule has 0 spiro atoms. The molecule has 3 amide bonds.